The molecule has 0 saturated carbocycles. The number of aromatic nitrogens is 2. The number of nitrogens with zero attached hydrogens (tertiary/aromatic N) is 3. The van der Waals surface area contributed by atoms with Crippen LogP contribution in [0.15, 0.2) is 11.2 Å². The monoisotopic (exact) mass is 312 g/mol. The third kappa shape index (κ3) is 4.89. The Bertz CT molecular complexity index is 540. The number of Topliss-reactive ketones (excluding diaryl/α,β-unsaturated/α-hetero) is 1. The molecule has 1 aromatic heterocycles. The SMILES string of the molecule is CCOC(=O)CN=C(Nc1c(C(=O)CC)cnn1C)SC. The average Bonchev–Trinajstić information content (AvgIpc) is 2.84. The fourth-order valence-electron chi connectivity index (χ4n) is 1.58. The summed E-state index contributed by atoms with van der Waals surface area (Å²) in [5.74, 6) is 0.177. The molecule has 0 atom stereocenters. The number of carbonyl (C=O) groups excluding carboxylic acids is 2. The molecule has 1 N–H and O–H groups in total. The largest absolute Gasteiger partial charge is 0.465 e. The molecule has 0 aliphatic carbocycles. The Morgan fingerprint density at radius 2 is 2.19 bits per heavy atom. The Kier molecular flexibility index (Phi) is 6.93. The number of anilines is 1. The number of ether oxygens (including phenoxy) is 1. The van der Waals surface area contributed by atoms with Crippen LogP contribution < -0.4 is 5.32 Å². The predicted molar refractivity (Wildman–Crippen MR) is 83.9 cm³/mol. The van der Waals surface area contributed by atoms with E-state index in [0.29, 0.717) is 29.6 Å². The first-order valence-electron chi connectivity index (χ1n) is 6.59. The summed E-state index contributed by atoms with van der Waals surface area (Å²) in [6.45, 7) is 3.80. The van der Waals surface area contributed by atoms with Gasteiger partial charge in [0, 0.05) is 13.5 Å². The Morgan fingerprint density at radius 1 is 1.48 bits per heavy atom. The van der Waals surface area contributed by atoms with E-state index in [1.54, 1.807) is 25.6 Å². The Labute approximate surface area is 128 Å². The smallest absolute Gasteiger partial charge is 0.327 e. The van der Waals surface area contributed by atoms with Crippen molar-refractivity contribution in [3.05, 3.63) is 11.8 Å². The van der Waals surface area contributed by atoms with Crippen molar-refractivity contribution in [3.63, 3.8) is 0 Å². The van der Waals surface area contributed by atoms with E-state index in [4.69, 9.17) is 4.74 Å². The van der Waals surface area contributed by atoms with Crippen molar-refractivity contribution >= 4 is 34.5 Å². The molecule has 0 unspecified atom stereocenters. The molecular weight excluding hydrogens is 292 g/mol. The number of rotatable bonds is 6. The highest BCUT2D eigenvalue weighted by atomic mass is 32.2. The van der Waals surface area contributed by atoms with E-state index in [2.05, 4.69) is 15.4 Å². The van der Waals surface area contributed by atoms with Crippen LogP contribution in [0, 0.1) is 0 Å². The van der Waals surface area contributed by atoms with Crippen molar-refractivity contribution in [2.75, 3.05) is 24.7 Å². The van der Waals surface area contributed by atoms with Crippen molar-refractivity contribution in [2.45, 2.75) is 20.3 Å². The van der Waals surface area contributed by atoms with Crippen LogP contribution in [0.25, 0.3) is 0 Å². The highest BCUT2D eigenvalue weighted by Gasteiger charge is 2.16. The maximum Gasteiger partial charge on any atom is 0.327 e. The number of ketones is 1. The van der Waals surface area contributed by atoms with Crippen LogP contribution in [0.5, 0.6) is 0 Å². The maximum absolute atomic E-state index is 11.9. The van der Waals surface area contributed by atoms with E-state index < -0.39 is 0 Å². The standard InChI is InChI=1S/C13H20N4O3S/c1-5-10(18)9-7-15-17(3)12(9)16-13(21-4)14-8-11(19)20-6-2/h7H,5-6,8H2,1-4H3,(H,14,16). The van der Waals surface area contributed by atoms with Gasteiger partial charge in [0.05, 0.1) is 18.4 Å². The van der Waals surface area contributed by atoms with Gasteiger partial charge in [-0.15, -0.1) is 0 Å². The molecule has 1 rings (SSSR count). The van der Waals surface area contributed by atoms with Crippen LogP contribution in [-0.4, -0.2) is 46.1 Å². The van der Waals surface area contributed by atoms with Crippen molar-refractivity contribution in [1.29, 1.82) is 0 Å². The zero-order chi connectivity index (χ0) is 15.8. The maximum atomic E-state index is 11.9. The van der Waals surface area contributed by atoms with Gasteiger partial charge < -0.3 is 10.1 Å². The van der Waals surface area contributed by atoms with E-state index in [1.165, 1.54) is 18.0 Å². The van der Waals surface area contributed by atoms with Crippen LogP contribution >= 0.6 is 11.8 Å². The summed E-state index contributed by atoms with van der Waals surface area (Å²) in [4.78, 5) is 27.3. The van der Waals surface area contributed by atoms with Gasteiger partial charge in [-0.25, -0.2) is 0 Å². The zero-order valence-corrected chi connectivity index (χ0v) is 13.5. The van der Waals surface area contributed by atoms with E-state index in [-0.39, 0.29) is 18.3 Å². The summed E-state index contributed by atoms with van der Waals surface area (Å²) >= 11 is 1.34. The van der Waals surface area contributed by atoms with Crippen LogP contribution in [-0.2, 0) is 16.6 Å². The third-order valence-electron chi connectivity index (χ3n) is 2.64. The minimum absolute atomic E-state index is 0.00329. The van der Waals surface area contributed by atoms with Crippen molar-refractivity contribution in [3.8, 4) is 0 Å². The number of nitrogens with one attached hydrogen (secondary N) is 1. The lowest BCUT2D eigenvalue weighted by atomic mass is 10.2. The Balaban J connectivity index is 2.87. The van der Waals surface area contributed by atoms with Gasteiger partial charge in [-0.05, 0) is 13.2 Å². The van der Waals surface area contributed by atoms with Gasteiger partial charge in [0.2, 0.25) is 0 Å². The van der Waals surface area contributed by atoms with E-state index in [0.717, 1.165) is 0 Å². The zero-order valence-electron chi connectivity index (χ0n) is 12.7. The first-order chi connectivity index (χ1) is 10.0. The van der Waals surface area contributed by atoms with Gasteiger partial charge in [-0.1, -0.05) is 18.7 Å². The topological polar surface area (TPSA) is 85.6 Å². The van der Waals surface area contributed by atoms with E-state index in [1.807, 2.05) is 6.26 Å². The second-order valence-electron chi connectivity index (χ2n) is 4.06. The van der Waals surface area contributed by atoms with Gasteiger partial charge >= 0.3 is 5.97 Å². The molecule has 21 heavy (non-hydrogen) atoms. The third-order valence-corrected chi connectivity index (χ3v) is 3.25. The number of hydrogen-bond acceptors (Lipinski definition) is 6. The van der Waals surface area contributed by atoms with Crippen LogP contribution in [0.3, 0.4) is 0 Å². The van der Waals surface area contributed by atoms with Crippen molar-refractivity contribution in [2.24, 2.45) is 12.0 Å². The molecule has 116 valence electrons. The second kappa shape index (κ2) is 8.46. The molecule has 0 spiro atoms. The molecule has 1 aromatic rings. The van der Waals surface area contributed by atoms with Gasteiger partial charge in [0.1, 0.15) is 12.4 Å². The molecule has 1 heterocycles. The van der Waals surface area contributed by atoms with E-state index >= 15 is 0 Å². The fourth-order valence-corrected chi connectivity index (χ4v) is 1.97. The number of esters is 1. The summed E-state index contributed by atoms with van der Waals surface area (Å²) in [5.41, 5.74) is 0.512. The highest BCUT2D eigenvalue weighted by Crippen LogP contribution is 2.17. The molecule has 0 aliphatic rings. The first kappa shape index (κ1) is 17.2. The normalized spacial score (nSPS) is 11.3. The number of hydrogen-bond donors (Lipinski definition) is 1. The minimum Gasteiger partial charge on any atom is -0.465 e. The number of carbonyl (C=O) groups is 2. The van der Waals surface area contributed by atoms with Gasteiger partial charge in [0.15, 0.2) is 11.0 Å². The number of thioether (sulfide) groups is 1. The Morgan fingerprint density at radius 3 is 2.76 bits per heavy atom. The molecule has 0 saturated heterocycles. The molecule has 0 aromatic carbocycles. The lowest BCUT2D eigenvalue weighted by Gasteiger charge is -2.09. The van der Waals surface area contributed by atoms with Gasteiger partial charge in [-0.3, -0.25) is 19.3 Å². The lowest BCUT2D eigenvalue weighted by molar-refractivity contribution is -0.141. The van der Waals surface area contributed by atoms with Gasteiger partial charge in [-0.2, -0.15) is 5.10 Å². The fraction of sp³-hybridized carbons (Fsp3) is 0.538. The summed E-state index contributed by atoms with van der Waals surface area (Å²) < 4.78 is 6.39. The van der Waals surface area contributed by atoms with Crippen LogP contribution in [0.4, 0.5) is 5.82 Å². The first-order valence-corrected chi connectivity index (χ1v) is 7.82. The van der Waals surface area contributed by atoms with E-state index in [9.17, 15) is 9.59 Å². The highest BCUT2D eigenvalue weighted by molar-refractivity contribution is 8.13. The number of amidine groups is 1. The number of aryl methyl sites for hydroxylation is 1. The molecule has 0 bridgehead atoms. The van der Waals surface area contributed by atoms with Crippen molar-refractivity contribution in [1.82, 2.24) is 9.78 Å². The summed E-state index contributed by atoms with van der Waals surface area (Å²) in [5, 5.41) is 7.64. The van der Waals surface area contributed by atoms with Gasteiger partial charge in [0.25, 0.3) is 0 Å². The Hall–Kier alpha value is -1.83. The lowest BCUT2D eigenvalue weighted by Crippen LogP contribution is -2.16. The van der Waals surface area contributed by atoms with Crippen LogP contribution in [0.2, 0.25) is 0 Å². The molecule has 0 aliphatic heterocycles. The quantitative estimate of drug-likeness (QED) is 0.372. The minimum atomic E-state index is -0.388. The summed E-state index contributed by atoms with van der Waals surface area (Å²) in [6, 6.07) is 0. The number of aliphatic imine (C=N–C) groups is 1. The second-order valence-corrected chi connectivity index (χ2v) is 4.86. The molecule has 0 amide bonds. The summed E-state index contributed by atoms with van der Waals surface area (Å²) in [6.07, 6.45) is 3.75. The predicted octanol–water partition coefficient (Wildman–Crippen LogP) is 1.71. The molecular formula is C13H20N4O3S. The molecule has 0 fully saturated rings. The molecule has 7 nitrogen and oxygen atoms in total. The summed E-state index contributed by atoms with van der Waals surface area (Å²) in [7, 11) is 1.73. The average molecular weight is 312 g/mol. The molecule has 8 heteroatoms. The molecule has 0 radical (unpaired) electrons. The van der Waals surface area contributed by atoms with Crippen molar-refractivity contribution < 1.29 is 14.3 Å². The van der Waals surface area contributed by atoms with Crippen LogP contribution in [0.1, 0.15) is 30.6 Å².